The standard InChI is InChI=1S/C76H144O17P2/c1-5-9-13-17-21-25-29-32-34-35-37-39-43-47-51-55-59-63-76(81)93-72(67-87-74(79)61-57-53-49-45-42-38-36-33-30-26-22-18-14-10-6-2)69-91-95(84,85)89-65-70(77)64-88-94(82,83)90-68-71(66-86-73(78)60-56-52-48-44-40-28-24-20-16-12-8-4)92-75(80)62-58-54-50-46-41-31-27-23-19-15-11-7-3/h26,30,33,36,70-72,77H,5-25,27-29,31-32,34-35,37-69H2,1-4H3,(H,82,83)(H,84,85)/b30-26-,36-33-/t70-,71+,72+/m0/s1. The molecule has 5 atom stereocenters. The zero-order chi connectivity index (χ0) is 69.7. The molecule has 3 N–H and O–H groups in total. The Kier molecular flexibility index (Phi) is 68.2. The molecule has 0 amide bonds. The zero-order valence-corrected chi connectivity index (χ0v) is 62.9. The summed E-state index contributed by atoms with van der Waals surface area (Å²) in [6, 6.07) is 0. The van der Waals surface area contributed by atoms with Gasteiger partial charge in [0, 0.05) is 25.7 Å². The van der Waals surface area contributed by atoms with Gasteiger partial charge in [0.1, 0.15) is 19.3 Å². The van der Waals surface area contributed by atoms with Crippen LogP contribution in [0, 0.1) is 0 Å². The van der Waals surface area contributed by atoms with Gasteiger partial charge in [0.2, 0.25) is 0 Å². The van der Waals surface area contributed by atoms with Gasteiger partial charge < -0.3 is 33.8 Å². The lowest BCUT2D eigenvalue weighted by molar-refractivity contribution is -0.161. The van der Waals surface area contributed by atoms with E-state index in [0.29, 0.717) is 25.7 Å². The van der Waals surface area contributed by atoms with Gasteiger partial charge in [0.15, 0.2) is 12.2 Å². The van der Waals surface area contributed by atoms with Crippen LogP contribution in [-0.4, -0.2) is 96.7 Å². The van der Waals surface area contributed by atoms with E-state index in [0.717, 1.165) is 109 Å². The lowest BCUT2D eigenvalue weighted by Crippen LogP contribution is -2.30. The molecule has 0 aromatic carbocycles. The molecule has 0 aromatic rings. The van der Waals surface area contributed by atoms with Crippen molar-refractivity contribution < 1.29 is 80.2 Å². The fourth-order valence-electron chi connectivity index (χ4n) is 11.2. The molecule has 19 heteroatoms. The van der Waals surface area contributed by atoms with Gasteiger partial charge in [-0.3, -0.25) is 37.3 Å². The van der Waals surface area contributed by atoms with E-state index in [4.69, 9.17) is 37.0 Å². The van der Waals surface area contributed by atoms with E-state index in [1.807, 2.05) is 0 Å². The SMILES string of the molecule is CCCCCC/C=C\C=C/CCCCCCCC(=O)OC[C@H](COP(=O)(O)OC[C@@H](O)COP(=O)(O)OC[C@@H](COC(=O)CCCCCCCCCCCCC)OC(=O)CCCCCCCCCCCCCC)OC(=O)CCCCCCCCCCCCCCCCCCC. The summed E-state index contributed by atoms with van der Waals surface area (Å²) < 4.78 is 68.5. The summed E-state index contributed by atoms with van der Waals surface area (Å²) in [7, 11) is -9.92. The van der Waals surface area contributed by atoms with Crippen LogP contribution in [0.4, 0.5) is 0 Å². The van der Waals surface area contributed by atoms with Crippen molar-refractivity contribution >= 4 is 39.5 Å². The van der Waals surface area contributed by atoms with Crippen molar-refractivity contribution in [3.8, 4) is 0 Å². The smallest absolute Gasteiger partial charge is 0.462 e. The Morgan fingerprint density at radius 3 is 0.768 bits per heavy atom. The average molecular weight is 1390 g/mol. The van der Waals surface area contributed by atoms with Gasteiger partial charge in [0.25, 0.3) is 0 Å². The third-order valence-corrected chi connectivity index (χ3v) is 19.1. The lowest BCUT2D eigenvalue weighted by Gasteiger charge is -2.21. The third kappa shape index (κ3) is 69.8. The fourth-order valence-corrected chi connectivity index (χ4v) is 12.8. The first-order chi connectivity index (χ1) is 46.2. The molecule has 95 heavy (non-hydrogen) atoms. The maximum absolute atomic E-state index is 13.1. The van der Waals surface area contributed by atoms with Gasteiger partial charge in [-0.15, -0.1) is 0 Å². The number of rotatable bonds is 75. The highest BCUT2D eigenvalue weighted by Gasteiger charge is 2.30. The van der Waals surface area contributed by atoms with E-state index in [1.165, 1.54) is 193 Å². The highest BCUT2D eigenvalue weighted by Crippen LogP contribution is 2.45. The van der Waals surface area contributed by atoms with Crippen LogP contribution in [0.15, 0.2) is 24.3 Å². The van der Waals surface area contributed by atoms with Crippen LogP contribution in [0.2, 0.25) is 0 Å². The molecular formula is C76H144O17P2. The topological polar surface area (TPSA) is 237 Å². The van der Waals surface area contributed by atoms with Crippen LogP contribution in [-0.2, 0) is 65.4 Å². The Labute approximate surface area is 580 Å². The van der Waals surface area contributed by atoms with Gasteiger partial charge >= 0.3 is 39.5 Å². The molecule has 0 aliphatic rings. The number of hydrogen-bond donors (Lipinski definition) is 3. The Balaban J connectivity index is 5.28. The first-order valence-corrected chi connectivity index (χ1v) is 42.1. The largest absolute Gasteiger partial charge is 0.472 e. The number of esters is 4. The quantitative estimate of drug-likeness (QED) is 0.0169. The summed E-state index contributed by atoms with van der Waals surface area (Å²) in [6.07, 6.45) is 63.0. The molecule has 0 rings (SSSR count). The average Bonchev–Trinajstić information content (AvgIpc) is 1.63. The fraction of sp³-hybridized carbons (Fsp3) is 0.895. The summed E-state index contributed by atoms with van der Waals surface area (Å²) in [5.41, 5.74) is 0. The molecule has 560 valence electrons. The van der Waals surface area contributed by atoms with Crippen LogP contribution in [0.1, 0.15) is 381 Å². The first-order valence-electron chi connectivity index (χ1n) is 39.1. The van der Waals surface area contributed by atoms with E-state index in [-0.39, 0.29) is 25.7 Å². The van der Waals surface area contributed by atoms with E-state index < -0.39 is 97.5 Å². The highest BCUT2D eigenvalue weighted by molar-refractivity contribution is 7.47. The number of aliphatic hydroxyl groups is 1. The molecule has 0 spiro atoms. The molecule has 0 aliphatic carbocycles. The molecule has 17 nitrogen and oxygen atoms in total. The number of phosphoric acid groups is 2. The number of aliphatic hydroxyl groups excluding tert-OH is 1. The zero-order valence-electron chi connectivity index (χ0n) is 61.1. The van der Waals surface area contributed by atoms with Crippen LogP contribution in [0.5, 0.6) is 0 Å². The maximum atomic E-state index is 13.1. The molecule has 0 heterocycles. The van der Waals surface area contributed by atoms with E-state index >= 15 is 0 Å². The number of unbranched alkanes of at least 4 members (excludes halogenated alkanes) is 46. The van der Waals surface area contributed by atoms with E-state index in [2.05, 4.69) is 52.0 Å². The summed E-state index contributed by atoms with van der Waals surface area (Å²) >= 11 is 0. The Bertz CT molecular complexity index is 1900. The van der Waals surface area contributed by atoms with Crippen molar-refractivity contribution in [1.82, 2.24) is 0 Å². The molecule has 0 aromatic heterocycles. The highest BCUT2D eigenvalue weighted by atomic mass is 31.2. The van der Waals surface area contributed by atoms with Gasteiger partial charge in [-0.05, 0) is 51.4 Å². The predicted octanol–water partition coefficient (Wildman–Crippen LogP) is 22.2. The Hall–Kier alpha value is -2.46. The molecule has 0 fully saturated rings. The molecule has 0 bridgehead atoms. The summed E-state index contributed by atoms with van der Waals surface area (Å²) in [5.74, 6) is -2.14. The molecule has 2 unspecified atom stereocenters. The van der Waals surface area contributed by atoms with Crippen LogP contribution >= 0.6 is 15.6 Å². The van der Waals surface area contributed by atoms with Gasteiger partial charge in [-0.1, -0.05) is 328 Å². The van der Waals surface area contributed by atoms with Crippen LogP contribution in [0.3, 0.4) is 0 Å². The number of carbonyl (C=O) groups excluding carboxylic acids is 4. The van der Waals surface area contributed by atoms with Gasteiger partial charge in [0.05, 0.1) is 26.4 Å². The van der Waals surface area contributed by atoms with Crippen molar-refractivity contribution in [2.24, 2.45) is 0 Å². The van der Waals surface area contributed by atoms with Crippen LogP contribution < -0.4 is 0 Å². The summed E-state index contributed by atoms with van der Waals surface area (Å²) in [5, 5.41) is 10.6. The van der Waals surface area contributed by atoms with Crippen molar-refractivity contribution in [2.75, 3.05) is 39.6 Å². The van der Waals surface area contributed by atoms with Crippen molar-refractivity contribution in [3.63, 3.8) is 0 Å². The number of allylic oxidation sites excluding steroid dienone is 4. The molecular weight excluding hydrogens is 1250 g/mol. The van der Waals surface area contributed by atoms with Gasteiger partial charge in [-0.2, -0.15) is 0 Å². The third-order valence-electron chi connectivity index (χ3n) is 17.2. The second-order valence-electron chi connectivity index (χ2n) is 26.7. The molecule has 0 saturated carbocycles. The Morgan fingerprint density at radius 1 is 0.295 bits per heavy atom. The second kappa shape index (κ2) is 70.0. The number of ether oxygens (including phenoxy) is 4. The minimum Gasteiger partial charge on any atom is -0.462 e. The maximum Gasteiger partial charge on any atom is 0.472 e. The second-order valence-corrected chi connectivity index (χ2v) is 29.6. The minimum atomic E-state index is -4.96. The van der Waals surface area contributed by atoms with Crippen molar-refractivity contribution in [3.05, 3.63) is 24.3 Å². The monoisotopic (exact) mass is 1390 g/mol. The lowest BCUT2D eigenvalue weighted by atomic mass is 10.0. The number of phosphoric ester groups is 2. The number of hydrogen-bond acceptors (Lipinski definition) is 15. The molecule has 0 saturated heterocycles. The summed E-state index contributed by atoms with van der Waals surface area (Å²) in [6.45, 7) is 4.92. The molecule has 0 radical (unpaired) electrons. The van der Waals surface area contributed by atoms with E-state index in [9.17, 15) is 43.2 Å². The first kappa shape index (κ1) is 92.5. The Morgan fingerprint density at radius 2 is 0.505 bits per heavy atom. The minimum absolute atomic E-state index is 0.102. The normalized spacial score (nSPS) is 14.1. The van der Waals surface area contributed by atoms with E-state index in [1.54, 1.807) is 0 Å². The van der Waals surface area contributed by atoms with Crippen molar-refractivity contribution in [1.29, 1.82) is 0 Å². The van der Waals surface area contributed by atoms with Crippen LogP contribution in [0.25, 0.3) is 0 Å². The van der Waals surface area contributed by atoms with Gasteiger partial charge in [-0.25, -0.2) is 9.13 Å². The predicted molar refractivity (Wildman–Crippen MR) is 386 cm³/mol. The summed E-state index contributed by atoms with van der Waals surface area (Å²) in [4.78, 5) is 72.8. The van der Waals surface area contributed by atoms with Crippen molar-refractivity contribution in [2.45, 2.75) is 399 Å². The molecule has 0 aliphatic heterocycles. The number of carbonyl (C=O) groups is 4.